The van der Waals surface area contributed by atoms with Crippen molar-refractivity contribution in [1.29, 1.82) is 0 Å². The lowest BCUT2D eigenvalue weighted by Crippen LogP contribution is -2.50. The monoisotopic (exact) mass is 154 g/mol. The van der Waals surface area contributed by atoms with E-state index in [2.05, 4.69) is 23.8 Å². The van der Waals surface area contributed by atoms with E-state index < -0.39 is 0 Å². The predicted octanol–water partition coefficient (Wildman–Crippen LogP) is 0.990. The molecule has 0 spiro atoms. The van der Waals surface area contributed by atoms with Crippen LogP contribution in [0.15, 0.2) is 0 Å². The summed E-state index contributed by atoms with van der Waals surface area (Å²) in [5.74, 6) is 0.885. The first-order valence-electron chi connectivity index (χ1n) is 4.70. The van der Waals surface area contributed by atoms with Crippen LogP contribution in [0, 0.1) is 5.92 Å². The maximum absolute atomic E-state index is 2.63. The van der Waals surface area contributed by atoms with Crippen molar-refractivity contribution in [3.8, 4) is 0 Å². The van der Waals surface area contributed by atoms with Crippen molar-refractivity contribution in [2.24, 2.45) is 5.92 Å². The van der Waals surface area contributed by atoms with Crippen LogP contribution >= 0.6 is 0 Å². The van der Waals surface area contributed by atoms with E-state index in [1.165, 1.54) is 32.6 Å². The zero-order valence-electron chi connectivity index (χ0n) is 7.58. The van der Waals surface area contributed by atoms with Gasteiger partial charge in [0.25, 0.3) is 0 Å². The number of hydrogen-bond donors (Lipinski definition) is 0. The molecule has 0 saturated carbocycles. The molecule has 0 aromatic rings. The Morgan fingerprint density at radius 3 is 3.00 bits per heavy atom. The first-order valence-corrected chi connectivity index (χ1v) is 4.70. The Kier molecular flexibility index (Phi) is 1.90. The molecular weight excluding hydrogens is 136 g/mol. The first-order chi connectivity index (χ1) is 5.27. The van der Waals surface area contributed by atoms with Gasteiger partial charge >= 0.3 is 0 Å². The van der Waals surface area contributed by atoms with E-state index in [0.29, 0.717) is 0 Å². The largest absolute Gasteiger partial charge is 0.293 e. The fourth-order valence-corrected chi connectivity index (χ4v) is 2.65. The quantitative estimate of drug-likeness (QED) is 0.513. The van der Waals surface area contributed by atoms with Crippen molar-refractivity contribution in [2.45, 2.75) is 25.8 Å². The van der Waals surface area contributed by atoms with Gasteiger partial charge in [0, 0.05) is 12.6 Å². The summed E-state index contributed by atoms with van der Waals surface area (Å²) in [4.78, 5) is 5.07. The minimum atomic E-state index is 0.885. The van der Waals surface area contributed by atoms with Gasteiger partial charge in [-0.05, 0) is 32.4 Å². The second-order valence-corrected chi connectivity index (χ2v) is 4.18. The van der Waals surface area contributed by atoms with E-state index in [9.17, 15) is 0 Å². The Morgan fingerprint density at radius 1 is 1.36 bits per heavy atom. The predicted molar refractivity (Wildman–Crippen MR) is 46.4 cm³/mol. The van der Waals surface area contributed by atoms with Crippen LogP contribution in [0.1, 0.15) is 19.8 Å². The maximum Gasteiger partial charge on any atom is 0.0506 e. The summed E-state index contributed by atoms with van der Waals surface area (Å²) in [6, 6.07) is 0.909. The SMILES string of the molecule is CC1CN(C)CN2CCCC12. The van der Waals surface area contributed by atoms with Crippen LogP contribution in [0.3, 0.4) is 0 Å². The van der Waals surface area contributed by atoms with E-state index in [4.69, 9.17) is 0 Å². The third kappa shape index (κ3) is 1.30. The summed E-state index contributed by atoms with van der Waals surface area (Å²) in [6.45, 7) is 6.22. The Morgan fingerprint density at radius 2 is 2.18 bits per heavy atom. The van der Waals surface area contributed by atoms with Crippen molar-refractivity contribution in [3.63, 3.8) is 0 Å². The molecular formula is C9H18N2. The summed E-state index contributed by atoms with van der Waals surface area (Å²) in [5, 5.41) is 0. The highest BCUT2D eigenvalue weighted by atomic mass is 15.3. The minimum Gasteiger partial charge on any atom is -0.293 e. The van der Waals surface area contributed by atoms with Gasteiger partial charge in [-0.2, -0.15) is 0 Å². The lowest BCUT2D eigenvalue weighted by atomic mass is 9.97. The number of hydrogen-bond acceptors (Lipinski definition) is 2. The standard InChI is InChI=1S/C9H18N2/c1-8-6-10(2)7-11-5-3-4-9(8)11/h8-9H,3-7H2,1-2H3. The highest BCUT2D eigenvalue weighted by molar-refractivity contribution is 4.87. The Labute approximate surface area is 69.2 Å². The number of fused-ring (bicyclic) bond motifs is 1. The van der Waals surface area contributed by atoms with Crippen molar-refractivity contribution in [1.82, 2.24) is 9.80 Å². The Hall–Kier alpha value is -0.0800. The lowest BCUT2D eigenvalue weighted by Gasteiger charge is -2.40. The topological polar surface area (TPSA) is 6.48 Å². The maximum atomic E-state index is 2.63. The van der Waals surface area contributed by atoms with Gasteiger partial charge in [0.15, 0.2) is 0 Å². The second kappa shape index (κ2) is 2.76. The summed E-state index contributed by atoms with van der Waals surface area (Å²) in [7, 11) is 2.23. The molecule has 2 rings (SSSR count). The van der Waals surface area contributed by atoms with E-state index in [0.717, 1.165) is 12.0 Å². The molecule has 0 radical (unpaired) electrons. The smallest absolute Gasteiger partial charge is 0.0506 e. The molecule has 11 heavy (non-hydrogen) atoms. The van der Waals surface area contributed by atoms with Gasteiger partial charge in [-0.15, -0.1) is 0 Å². The van der Waals surface area contributed by atoms with Crippen LogP contribution in [0.25, 0.3) is 0 Å². The fourth-order valence-electron chi connectivity index (χ4n) is 2.65. The molecule has 0 N–H and O–H groups in total. The van der Waals surface area contributed by atoms with Crippen LogP contribution < -0.4 is 0 Å². The van der Waals surface area contributed by atoms with Gasteiger partial charge in [0.1, 0.15) is 0 Å². The van der Waals surface area contributed by atoms with Crippen LogP contribution in [0.2, 0.25) is 0 Å². The van der Waals surface area contributed by atoms with E-state index in [1.807, 2.05) is 0 Å². The zero-order chi connectivity index (χ0) is 7.84. The van der Waals surface area contributed by atoms with Crippen molar-refractivity contribution < 1.29 is 0 Å². The van der Waals surface area contributed by atoms with Crippen LogP contribution in [0.4, 0.5) is 0 Å². The molecule has 2 unspecified atom stereocenters. The van der Waals surface area contributed by atoms with Gasteiger partial charge in [-0.1, -0.05) is 6.92 Å². The summed E-state index contributed by atoms with van der Waals surface area (Å²) < 4.78 is 0. The van der Waals surface area contributed by atoms with Crippen molar-refractivity contribution >= 4 is 0 Å². The van der Waals surface area contributed by atoms with E-state index >= 15 is 0 Å². The van der Waals surface area contributed by atoms with E-state index in [1.54, 1.807) is 0 Å². The van der Waals surface area contributed by atoms with Gasteiger partial charge in [0.05, 0.1) is 6.67 Å². The molecule has 2 aliphatic rings. The molecule has 2 heterocycles. The molecule has 0 amide bonds. The molecule has 0 aromatic heterocycles. The van der Waals surface area contributed by atoms with E-state index in [-0.39, 0.29) is 0 Å². The molecule has 0 aromatic carbocycles. The third-order valence-electron chi connectivity index (χ3n) is 3.09. The van der Waals surface area contributed by atoms with Crippen molar-refractivity contribution in [3.05, 3.63) is 0 Å². The molecule has 64 valence electrons. The third-order valence-corrected chi connectivity index (χ3v) is 3.09. The molecule has 2 heteroatoms. The Balaban J connectivity index is 2.04. The minimum absolute atomic E-state index is 0.885. The summed E-state index contributed by atoms with van der Waals surface area (Å²) in [5.41, 5.74) is 0. The van der Waals surface area contributed by atoms with Gasteiger partial charge in [0.2, 0.25) is 0 Å². The lowest BCUT2D eigenvalue weighted by molar-refractivity contribution is 0.0456. The summed E-state index contributed by atoms with van der Waals surface area (Å²) in [6.07, 6.45) is 2.86. The average molecular weight is 154 g/mol. The summed E-state index contributed by atoms with van der Waals surface area (Å²) >= 11 is 0. The highest BCUT2D eigenvalue weighted by Gasteiger charge is 2.33. The fraction of sp³-hybridized carbons (Fsp3) is 1.00. The normalized spacial score (nSPS) is 40.9. The molecule has 2 saturated heterocycles. The molecule has 2 nitrogen and oxygen atoms in total. The van der Waals surface area contributed by atoms with Gasteiger partial charge in [-0.25, -0.2) is 0 Å². The number of nitrogens with zero attached hydrogens (tertiary/aromatic N) is 2. The van der Waals surface area contributed by atoms with Crippen molar-refractivity contribution in [2.75, 3.05) is 26.8 Å². The average Bonchev–Trinajstić information content (AvgIpc) is 2.34. The van der Waals surface area contributed by atoms with Gasteiger partial charge < -0.3 is 0 Å². The molecule has 0 bridgehead atoms. The van der Waals surface area contributed by atoms with Crippen LogP contribution in [-0.2, 0) is 0 Å². The molecule has 2 fully saturated rings. The first kappa shape index (κ1) is 7.56. The molecule has 2 aliphatic heterocycles. The molecule has 0 aliphatic carbocycles. The van der Waals surface area contributed by atoms with Crippen LogP contribution in [0.5, 0.6) is 0 Å². The molecule has 2 atom stereocenters. The second-order valence-electron chi connectivity index (χ2n) is 4.18. The van der Waals surface area contributed by atoms with Gasteiger partial charge in [-0.3, -0.25) is 9.80 Å². The zero-order valence-corrected chi connectivity index (χ0v) is 7.58. The highest BCUT2D eigenvalue weighted by Crippen LogP contribution is 2.27. The van der Waals surface area contributed by atoms with Crippen LogP contribution in [-0.4, -0.2) is 42.6 Å². The number of rotatable bonds is 0. The Bertz CT molecular complexity index is 146.